The number of carbonyl (C=O) groups excluding carboxylic acids is 1. The lowest BCUT2D eigenvalue weighted by Gasteiger charge is -2.28. The van der Waals surface area contributed by atoms with Crippen LogP contribution in [0.4, 0.5) is 18.9 Å². The Morgan fingerprint density at radius 1 is 1.07 bits per heavy atom. The summed E-state index contributed by atoms with van der Waals surface area (Å²) < 4.78 is 45.0. The zero-order valence-electron chi connectivity index (χ0n) is 27.9. The second-order valence-electron chi connectivity index (χ2n) is 11.6. The first kappa shape index (κ1) is 40.1. The van der Waals surface area contributed by atoms with Gasteiger partial charge in [0.15, 0.2) is 0 Å². The van der Waals surface area contributed by atoms with E-state index in [-0.39, 0.29) is 12.9 Å². The van der Waals surface area contributed by atoms with E-state index < -0.39 is 11.9 Å². The van der Waals surface area contributed by atoms with E-state index in [9.17, 15) is 13.2 Å². The number of hydrogen-bond donors (Lipinski definition) is 1. The largest absolute Gasteiger partial charge is 0.494 e. The molecule has 1 saturated carbocycles. The fourth-order valence-electron chi connectivity index (χ4n) is 5.33. The molecule has 1 aliphatic carbocycles. The number of benzene rings is 2. The van der Waals surface area contributed by atoms with Crippen LogP contribution in [0.5, 0.6) is 5.75 Å². The number of nitrogens with zero attached hydrogens (tertiary/aromatic N) is 2. The van der Waals surface area contributed by atoms with Crippen molar-refractivity contribution in [1.29, 1.82) is 0 Å². The van der Waals surface area contributed by atoms with Gasteiger partial charge in [0.2, 0.25) is 0 Å². The van der Waals surface area contributed by atoms with Gasteiger partial charge < -0.3 is 14.8 Å². The summed E-state index contributed by atoms with van der Waals surface area (Å²) in [7, 11) is 1.44. The molecule has 0 aliphatic heterocycles. The van der Waals surface area contributed by atoms with Crippen molar-refractivity contribution in [2.75, 3.05) is 12.4 Å². The van der Waals surface area contributed by atoms with Gasteiger partial charge in [-0.15, -0.1) is 0 Å². The van der Waals surface area contributed by atoms with E-state index in [0.717, 1.165) is 59.5 Å². The number of para-hydroxylation sites is 1. The number of alkyl halides is 3. The van der Waals surface area contributed by atoms with E-state index in [1.165, 1.54) is 44.1 Å². The van der Waals surface area contributed by atoms with Crippen molar-refractivity contribution in [1.82, 2.24) is 4.98 Å². The zero-order valence-corrected chi connectivity index (χ0v) is 27.9. The molecule has 0 amide bonds. The molecular weight excluding hydrogens is 587 g/mol. The maximum Gasteiger partial charge on any atom is 0.433 e. The Balaban J connectivity index is 0.000000589. The average molecular weight is 640 g/mol. The molecule has 0 bridgehead atoms. The highest BCUT2D eigenvalue weighted by molar-refractivity contribution is 6.11. The molecule has 1 heterocycles. The average Bonchev–Trinajstić information content (AvgIpc) is 2.99. The molecule has 1 aliphatic rings. The number of hydrogen-bond acceptors (Lipinski definition) is 5. The monoisotopic (exact) mass is 639 g/mol. The number of aryl methyl sites for hydroxylation is 1. The Bertz CT molecular complexity index is 1500. The number of fused-ring (bicyclic) bond motifs is 1. The Kier molecular flexibility index (Phi) is 16.5. The van der Waals surface area contributed by atoms with Gasteiger partial charge in [-0.1, -0.05) is 64.5 Å². The smallest absolute Gasteiger partial charge is 0.433 e. The first-order valence-corrected chi connectivity index (χ1v) is 15.4. The number of aliphatic imine (C=N–C) groups is 1. The number of aromatic nitrogens is 1. The quantitative estimate of drug-likeness (QED) is 0.206. The number of halogens is 3. The van der Waals surface area contributed by atoms with Crippen LogP contribution >= 0.6 is 0 Å². The van der Waals surface area contributed by atoms with E-state index in [1.54, 1.807) is 6.07 Å². The molecule has 1 fully saturated rings. The molecule has 0 unspecified atom stereocenters. The lowest BCUT2D eigenvalue weighted by Crippen LogP contribution is -2.16. The number of anilines is 1. The summed E-state index contributed by atoms with van der Waals surface area (Å²) in [5.41, 5.74) is 6.63. The number of pyridine rings is 1. The lowest BCUT2D eigenvalue weighted by molar-refractivity contribution is -0.141. The van der Waals surface area contributed by atoms with Gasteiger partial charge in [0.05, 0.1) is 7.11 Å². The highest BCUT2D eigenvalue weighted by atomic mass is 19.4. The first-order chi connectivity index (χ1) is 21.3. The molecule has 1 N–H and O–H groups in total. The molecule has 0 radical (unpaired) electrons. The van der Waals surface area contributed by atoms with E-state index in [2.05, 4.69) is 50.6 Å². The summed E-state index contributed by atoms with van der Waals surface area (Å²) in [4.78, 5) is 17.8. The summed E-state index contributed by atoms with van der Waals surface area (Å²) in [5.74, 6) is 1.51. The molecule has 5 nitrogen and oxygen atoms in total. The second kappa shape index (κ2) is 18.9. The standard InChI is InChI=1S/C25H31F3N2O.C10H13N.C2H4O.CH4/c1-6-20(29-23(15(2)3)17-9-7-16(4)8-10-17)18-11-13-21(31-5)24-19(18)12-14-22(30-24)25(26,27)28;1-8(2)11-10-7-5-4-6-9(10)3;1-2-3;/h11-14,16-17H,6-10H2,1-5H3;4-7,11H,1H2,2-3H3;2H,1H3;1H4. The van der Waals surface area contributed by atoms with Gasteiger partial charge in [-0.25, -0.2) is 4.98 Å². The first-order valence-electron chi connectivity index (χ1n) is 15.4. The predicted octanol–water partition coefficient (Wildman–Crippen LogP) is 11.4. The topological polar surface area (TPSA) is 63.6 Å². The molecular formula is C38H52F3N3O2. The third kappa shape index (κ3) is 11.5. The predicted molar refractivity (Wildman–Crippen MR) is 188 cm³/mol. The Morgan fingerprint density at radius 2 is 1.67 bits per heavy atom. The van der Waals surface area contributed by atoms with Crippen LogP contribution in [0, 0.1) is 18.8 Å². The molecule has 4 rings (SSSR count). The zero-order chi connectivity index (χ0) is 33.7. The van der Waals surface area contributed by atoms with Crippen LogP contribution in [0.2, 0.25) is 0 Å². The van der Waals surface area contributed by atoms with Crippen LogP contribution < -0.4 is 10.1 Å². The molecule has 0 spiro atoms. The fourth-order valence-corrected chi connectivity index (χ4v) is 5.33. The second-order valence-corrected chi connectivity index (χ2v) is 11.6. The normalized spacial score (nSPS) is 16.0. The van der Waals surface area contributed by atoms with Crippen LogP contribution in [-0.2, 0) is 11.0 Å². The third-order valence-corrected chi connectivity index (χ3v) is 7.64. The molecule has 8 heteroatoms. The Labute approximate surface area is 274 Å². The Morgan fingerprint density at radius 3 is 2.17 bits per heavy atom. The maximum atomic E-state index is 13.2. The SMILES string of the molecule is C.C=C(C)Nc1ccccc1C.CC=O.CCC(=NC(=C(C)C)C1CCC(C)CC1)c1ccc(OC)c2nc(C(F)(F)F)ccc12. The van der Waals surface area contributed by atoms with Crippen LogP contribution in [0.15, 0.2) is 77.1 Å². The number of carbonyl (C=O) groups is 1. The molecule has 3 aromatic rings. The molecule has 0 saturated heterocycles. The van der Waals surface area contributed by atoms with E-state index >= 15 is 0 Å². The number of rotatable bonds is 7. The van der Waals surface area contributed by atoms with Crippen molar-refractivity contribution in [3.63, 3.8) is 0 Å². The van der Waals surface area contributed by atoms with E-state index in [1.807, 2.05) is 38.1 Å². The third-order valence-electron chi connectivity index (χ3n) is 7.64. The highest BCUT2D eigenvalue weighted by Crippen LogP contribution is 2.37. The summed E-state index contributed by atoms with van der Waals surface area (Å²) in [5, 5.41) is 3.80. The Hall–Kier alpha value is -3.94. The minimum absolute atomic E-state index is 0. The summed E-state index contributed by atoms with van der Waals surface area (Å²) in [6.07, 6.45) is 1.57. The van der Waals surface area contributed by atoms with Crippen molar-refractivity contribution in [2.24, 2.45) is 16.8 Å². The summed E-state index contributed by atoms with van der Waals surface area (Å²) in [6.45, 7) is 17.8. The number of aldehydes is 1. The number of methoxy groups -OCH3 is 1. The molecule has 0 atom stereocenters. The van der Waals surface area contributed by atoms with Crippen molar-refractivity contribution >= 4 is 28.6 Å². The lowest BCUT2D eigenvalue weighted by atomic mass is 9.80. The fraction of sp³-hybridized carbons (Fsp3) is 0.447. The van der Waals surface area contributed by atoms with Crippen molar-refractivity contribution in [3.8, 4) is 5.75 Å². The number of nitrogens with one attached hydrogen (secondary N) is 1. The van der Waals surface area contributed by atoms with Crippen molar-refractivity contribution in [2.45, 2.75) is 94.2 Å². The van der Waals surface area contributed by atoms with E-state index in [4.69, 9.17) is 14.5 Å². The summed E-state index contributed by atoms with van der Waals surface area (Å²) in [6, 6.07) is 14.2. The minimum Gasteiger partial charge on any atom is -0.494 e. The van der Waals surface area contributed by atoms with Gasteiger partial charge in [0.1, 0.15) is 23.2 Å². The summed E-state index contributed by atoms with van der Waals surface area (Å²) >= 11 is 0. The minimum atomic E-state index is -4.51. The van der Waals surface area contributed by atoms with Crippen LogP contribution in [0.3, 0.4) is 0 Å². The van der Waals surface area contributed by atoms with Gasteiger partial charge in [0, 0.05) is 39.7 Å². The van der Waals surface area contributed by atoms with Gasteiger partial charge in [-0.05, 0) is 95.7 Å². The van der Waals surface area contributed by atoms with Gasteiger partial charge in [0.25, 0.3) is 0 Å². The van der Waals surface area contributed by atoms with Gasteiger partial charge in [-0.3, -0.25) is 4.99 Å². The van der Waals surface area contributed by atoms with Crippen LogP contribution in [-0.4, -0.2) is 24.1 Å². The van der Waals surface area contributed by atoms with Gasteiger partial charge in [-0.2, -0.15) is 13.2 Å². The van der Waals surface area contributed by atoms with Crippen LogP contribution in [0.25, 0.3) is 10.9 Å². The molecule has 1 aromatic heterocycles. The molecule has 252 valence electrons. The molecule has 46 heavy (non-hydrogen) atoms. The maximum absolute atomic E-state index is 13.2. The highest BCUT2D eigenvalue weighted by Gasteiger charge is 2.33. The number of ether oxygens (including phenoxy) is 1. The van der Waals surface area contributed by atoms with Crippen LogP contribution in [0.1, 0.15) is 97.9 Å². The molecule has 2 aromatic carbocycles. The number of allylic oxidation sites excluding steroid dienone is 3. The van der Waals surface area contributed by atoms with E-state index in [0.29, 0.717) is 23.5 Å². The van der Waals surface area contributed by atoms with Gasteiger partial charge >= 0.3 is 6.18 Å². The van der Waals surface area contributed by atoms with Crippen molar-refractivity contribution < 1.29 is 22.7 Å². The van der Waals surface area contributed by atoms with Crippen molar-refractivity contribution in [3.05, 3.63) is 88.9 Å².